The quantitative estimate of drug-likeness (QED) is 0.774. The van der Waals surface area contributed by atoms with Crippen molar-refractivity contribution in [3.8, 4) is 0 Å². The maximum atomic E-state index is 5.17. The number of aromatic nitrogens is 1. The molecule has 3 nitrogen and oxygen atoms in total. The first kappa shape index (κ1) is 9.93. The number of benzene rings is 1. The summed E-state index contributed by atoms with van der Waals surface area (Å²) in [4.78, 5) is 4.11. The van der Waals surface area contributed by atoms with Crippen molar-refractivity contribution in [2.24, 2.45) is 0 Å². The van der Waals surface area contributed by atoms with E-state index in [1.165, 1.54) is 6.39 Å². The number of hydrogen-bond donors (Lipinski definition) is 1. The third-order valence-electron chi connectivity index (χ3n) is 2.23. The molecule has 1 heterocycles. The van der Waals surface area contributed by atoms with Gasteiger partial charge in [0, 0.05) is 0 Å². The summed E-state index contributed by atoms with van der Waals surface area (Å²) in [6.45, 7) is 1.00. The summed E-state index contributed by atoms with van der Waals surface area (Å²) in [7, 11) is 1.95. The van der Waals surface area contributed by atoms with Gasteiger partial charge in [-0.15, -0.1) is 0 Å². The lowest BCUT2D eigenvalue weighted by atomic mass is 10.2. The third kappa shape index (κ3) is 2.44. The molecule has 0 atom stereocenters. The minimum absolute atomic E-state index is 0.836. The Balaban J connectivity index is 2.10. The van der Waals surface area contributed by atoms with E-state index >= 15 is 0 Å². The van der Waals surface area contributed by atoms with Crippen LogP contribution in [0.25, 0.3) is 17.2 Å². The van der Waals surface area contributed by atoms with Gasteiger partial charge in [0.2, 0.25) is 0 Å². The Kier molecular flexibility index (Phi) is 3.15. The molecule has 0 bridgehead atoms. The van der Waals surface area contributed by atoms with Gasteiger partial charge in [0.25, 0.3) is 0 Å². The smallest absolute Gasteiger partial charge is 0.181 e. The van der Waals surface area contributed by atoms with Crippen LogP contribution < -0.4 is 5.32 Å². The van der Waals surface area contributed by atoms with Crippen molar-refractivity contribution in [3.63, 3.8) is 0 Å². The van der Waals surface area contributed by atoms with Gasteiger partial charge in [-0.05, 0) is 37.7 Å². The summed E-state index contributed by atoms with van der Waals surface area (Å²) in [6, 6.07) is 6.00. The van der Waals surface area contributed by atoms with Crippen molar-refractivity contribution in [3.05, 3.63) is 36.2 Å². The largest absolute Gasteiger partial charge is 0.443 e. The molecule has 0 unspecified atom stereocenters. The molecule has 0 amide bonds. The Morgan fingerprint density at radius 1 is 1.47 bits per heavy atom. The van der Waals surface area contributed by atoms with Crippen LogP contribution in [0.4, 0.5) is 0 Å². The molecule has 0 fully saturated rings. The fourth-order valence-electron chi connectivity index (χ4n) is 1.43. The van der Waals surface area contributed by atoms with Gasteiger partial charge in [-0.2, -0.15) is 0 Å². The highest BCUT2D eigenvalue weighted by molar-refractivity contribution is 5.75. The highest BCUT2D eigenvalue weighted by Crippen LogP contribution is 2.15. The van der Waals surface area contributed by atoms with Gasteiger partial charge in [-0.25, -0.2) is 4.98 Å². The Morgan fingerprint density at radius 3 is 3.27 bits per heavy atom. The molecular weight excluding hydrogens is 188 g/mol. The molecule has 1 aromatic carbocycles. The molecule has 1 aromatic heterocycles. The molecule has 0 spiro atoms. The predicted octanol–water partition coefficient (Wildman–Crippen LogP) is 2.45. The lowest BCUT2D eigenvalue weighted by Crippen LogP contribution is -2.05. The summed E-state index contributed by atoms with van der Waals surface area (Å²) >= 11 is 0. The number of fused-ring (bicyclic) bond motifs is 1. The SMILES string of the molecule is CNCC/C=C/c1ccc2ocnc2c1. The average Bonchev–Trinajstić information content (AvgIpc) is 2.71. The topological polar surface area (TPSA) is 38.1 Å². The monoisotopic (exact) mass is 202 g/mol. The molecular formula is C12H14N2O. The van der Waals surface area contributed by atoms with Crippen LogP contribution in [0.1, 0.15) is 12.0 Å². The summed E-state index contributed by atoms with van der Waals surface area (Å²) in [5.74, 6) is 0. The average molecular weight is 202 g/mol. The molecule has 0 aliphatic rings. The van der Waals surface area contributed by atoms with E-state index in [9.17, 15) is 0 Å². The zero-order chi connectivity index (χ0) is 10.5. The van der Waals surface area contributed by atoms with Crippen molar-refractivity contribution in [1.29, 1.82) is 0 Å². The molecule has 3 heteroatoms. The van der Waals surface area contributed by atoms with E-state index in [1.54, 1.807) is 0 Å². The molecule has 0 aliphatic carbocycles. The van der Waals surface area contributed by atoms with Crippen LogP contribution in [0, 0.1) is 0 Å². The van der Waals surface area contributed by atoms with Crippen LogP contribution in [-0.2, 0) is 0 Å². The molecule has 15 heavy (non-hydrogen) atoms. The standard InChI is InChI=1S/C12H14N2O/c1-13-7-3-2-4-10-5-6-12-11(8-10)14-9-15-12/h2,4-6,8-9,13H,3,7H2,1H3/b4-2+. The van der Waals surface area contributed by atoms with E-state index in [1.807, 2.05) is 25.2 Å². The van der Waals surface area contributed by atoms with Crippen molar-refractivity contribution in [2.75, 3.05) is 13.6 Å². The molecule has 0 radical (unpaired) electrons. The maximum absolute atomic E-state index is 5.17. The second kappa shape index (κ2) is 4.75. The highest BCUT2D eigenvalue weighted by atomic mass is 16.3. The van der Waals surface area contributed by atoms with E-state index in [4.69, 9.17) is 4.42 Å². The number of nitrogens with zero attached hydrogens (tertiary/aromatic N) is 1. The van der Waals surface area contributed by atoms with Crippen LogP contribution >= 0.6 is 0 Å². The molecule has 2 aromatic rings. The van der Waals surface area contributed by atoms with E-state index in [-0.39, 0.29) is 0 Å². The van der Waals surface area contributed by atoms with Crippen LogP contribution in [0.15, 0.2) is 35.1 Å². The second-order valence-electron chi connectivity index (χ2n) is 3.37. The maximum Gasteiger partial charge on any atom is 0.181 e. The lowest BCUT2D eigenvalue weighted by molar-refractivity contribution is 0.602. The minimum atomic E-state index is 0.836. The van der Waals surface area contributed by atoms with Crippen LogP contribution in [0.5, 0.6) is 0 Å². The van der Waals surface area contributed by atoms with Crippen LogP contribution in [0.3, 0.4) is 0 Å². The molecule has 0 saturated heterocycles. The first-order valence-electron chi connectivity index (χ1n) is 5.04. The van der Waals surface area contributed by atoms with Crippen molar-refractivity contribution >= 4 is 17.2 Å². The number of rotatable bonds is 4. The third-order valence-corrected chi connectivity index (χ3v) is 2.23. The first-order chi connectivity index (χ1) is 7.40. The molecule has 2 rings (SSSR count). The summed E-state index contributed by atoms with van der Waals surface area (Å²) in [5, 5.41) is 3.10. The van der Waals surface area contributed by atoms with Gasteiger partial charge in [-0.1, -0.05) is 18.2 Å². The first-order valence-corrected chi connectivity index (χ1v) is 5.04. The molecule has 0 saturated carbocycles. The lowest BCUT2D eigenvalue weighted by Gasteiger charge is -1.93. The van der Waals surface area contributed by atoms with E-state index in [0.717, 1.165) is 29.6 Å². The molecule has 0 aliphatic heterocycles. The van der Waals surface area contributed by atoms with E-state index in [2.05, 4.69) is 22.5 Å². The Morgan fingerprint density at radius 2 is 2.40 bits per heavy atom. The van der Waals surface area contributed by atoms with Gasteiger partial charge in [0.15, 0.2) is 12.0 Å². The van der Waals surface area contributed by atoms with E-state index < -0.39 is 0 Å². The second-order valence-corrected chi connectivity index (χ2v) is 3.37. The Hall–Kier alpha value is -1.61. The fraction of sp³-hybridized carbons (Fsp3) is 0.250. The predicted molar refractivity (Wildman–Crippen MR) is 61.6 cm³/mol. The van der Waals surface area contributed by atoms with Gasteiger partial charge >= 0.3 is 0 Å². The number of nitrogens with one attached hydrogen (secondary N) is 1. The molecule has 1 N–H and O–H groups in total. The Labute approximate surface area is 88.8 Å². The Bertz CT molecular complexity index is 459. The van der Waals surface area contributed by atoms with Crippen LogP contribution in [0.2, 0.25) is 0 Å². The van der Waals surface area contributed by atoms with Crippen LogP contribution in [-0.4, -0.2) is 18.6 Å². The van der Waals surface area contributed by atoms with E-state index in [0.29, 0.717) is 0 Å². The summed E-state index contributed by atoms with van der Waals surface area (Å²) < 4.78 is 5.17. The normalized spacial score (nSPS) is 11.5. The van der Waals surface area contributed by atoms with Crippen molar-refractivity contribution in [1.82, 2.24) is 10.3 Å². The van der Waals surface area contributed by atoms with Crippen molar-refractivity contribution in [2.45, 2.75) is 6.42 Å². The fourth-order valence-corrected chi connectivity index (χ4v) is 1.43. The summed E-state index contributed by atoms with van der Waals surface area (Å²) in [6.07, 6.45) is 6.76. The number of oxazole rings is 1. The van der Waals surface area contributed by atoms with Crippen molar-refractivity contribution < 1.29 is 4.42 Å². The van der Waals surface area contributed by atoms with Gasteiger partial charge in [0.05, 0.1) is 0 Å². The zero-order valence-corrected chi connectivity index (χ0v) is 8.73. The molecule has 78 valence electrons. The zero-order valence-electron chi connectivity index (χ0n) is 8.73. The van der Waals surface area contributed by atoms with Gasteiger partial charge in [0.1, 0.15) is 5.52 Å². The number of hydrogen-bond acceptors (Lipinski definition) is 3. The van der Waals surface area contributed by atoms with Gasteiger partial charge in [-0.3, -0.25) is 0 Å². The highest BCUT2D eigenvalue weighted by Gasteiger charge is 1.96. The summed E-state index contributed by atoms with van der Waals surface area (Å²) in [5.41, 5.74) is 2.90. The van der Waals surface area contributed by atoms with Gasteiger partial charge < -0.3 is 9.73 Å². The minimum Gasteiger partial charge on any atom is -0.443 e.